The first-order valence-electron chi connectivity index (χ1n) is 4.99. The van der Waals surface area contributed by atoms with Crippen LogP contribution in [0.5, 0.6) is 0 Å². The highest BCUT2D eigenvalue weighted by Crippen LogP contribution is 2.28. The smallest absolute Gasteiger partial charge is 0.358 e. The van der Waals surface area contributed by atoms with E-state index in [-0.39, 0.29) is 34.3 Å². The van der Waals surface area contributed by atoms with Gasteiger partial charge in [-0.25, -0.2) is 18.6 Å². The minimum absolute atomic E-state index is 0.0322. The molecule has 0 aliphatic heterocycles. The summed E-state index contributed by atoms with van der Waals surface area (Å²) in [6, 6.07) is 1.72. The molecule has 1 aromatic rings. The number of halogens is 3. The Morgan fingerprint density at radius 1 is 1.67 bits per heavy atom. The number of rotatable bonds is 4. The zero-order valence-electron chi connectivity index (χ0n) is 9.41. The fourth-order valence-electron chi connectivity index (χ4n) is 1.37. The summed E-state index contributed by atoms with van der Waals surface area (Å²) >= 11 is 3.03. The third-order valence-corrected chi connectivity index (χ3v) is 2.73. The maximum absolute atomic E-state index is 12.7. The molecule has 0 radical (unpaired) electrons. The first kappa shape index (κ1) is 14.5. The zero-order valence-corrected chi connectivity index (χ0v) is 11.0. The Morgan fingerprint density at radius 2 is 2.33 bits per heavy atom. The molecule has 1 rings (SSSR count). The molecule has 0 N–H and O–H groups in total. The van der Waals surface area contributed by atoms with Gasteiger partial charge in [-0.15, -0.1) is 0 Å². The van der Waals surface area contributed by atoms with E-state index >= 15 is 0 Å². The topological polar surface area (TPSA) is 63.0 Å². The summed E-state index contributed by atoms with van der Waals surface area (Å²) in [7, 11) is 0. The molecule has 7 heteroatoms. The van der Waals surface area contributed by atoms with Crippen molar-refractivity contribution in [1.82, 2.24) is 4.98 Å². The van der Waals surface area contributed by atoms with Crippen molar-refractivity contribution in [1.29, 1.82) is 5.26 Å². The Kier molecular flexibility index (Phi) is 5.16. The van der Waals surface area contributed by atoms with E-state index in [4.69, 9.17) is 10.00 Å². The number of carbonyl (C=O) groups is 1. The minimum Gasteiger partial charge on any atom is -0.461 e. The van der Waals surface area contributed by atoms with E-state index in [1.807, 2.05) is 0 Å². The standard InChI is InChI=1S/C11H9BrF2N2O2/c1-2-18-11(17)9-7(4-15)6(3-12)8(5-16-9)10(13)14/h5,10H,2-3H2,1H3. The van der Waals surface area contributed by atoms with Crippen molar-refractivity contribution in [2.24, 2.45) is 0 Å². The normalized spacial score (nSPS) is 10.2. The maximum Gasteiger partial charge on any atom is 0.358 e. The van der Waals surface area contributed by atoms with Gasteiger partial charge in [0.15, 0.2) is 5.69 Å². The van der Waals surface area contributed by atoms with Crippen LogP contribution < -0.4 is 0 Å². The van der Waals surface area contributed by atoms with Gasteiger partial charge in [0.25, 0.3) is 6.43 Å². The lowest BCUT2D eigenvalue weighted by atomic mass is 10.0. The summed E-state index contributed by atoms with van der Waals surface area (Å²) in [4.78, 5) is 15.1. The van der Waals surface area contributed by atoms with Gasteiger partial charge in [0, 0.05) is 17.1 Å². The van der Waals surface area contributed by atoms with E-state index in [0.29, 0.717) is 0 Å². The van der Waals surface area contributed by atoms with Crippen molar-refractivity contribution in [3.8, 4) is 6.07 Å². The number of alkyl halides is 3. The molecule has 0 saturated heterocycles. The molecule has 0 bridgehead atoms. The molecule has 0 saturated carbocycles. The van der Waals surface area contributed by atoms with Crippen LogP contribution in [-0.4, -0.2) is 17.6 Å². The van der Waals surface area contributed by atoms with Gasteiger partial charge in [-0.1, -0.05) is 15.9 Å². The monoisotopic (exact) mass is 318 g/mol. The Balaban J connectivity index is 3.40. The van der Waals surface area contributed by atoms with Crippen molar-refractivity contribution in [3.05, 3.63) is 28.6 Å². The summed E-state index contributed by atoms with van der Waals surface area (Å²) in [5, 5.41) is 9.02. The zero-order chi connectivity index (χ0) is 13.7. The number of pyridine rings is 1. The molecule has 96 valence electrons. The van der Waals surface area contributed by atoms with Gasteiger partial charge in [-0.05, 0) is 12.5 Å². The lowest BCUT2D eigenvalue weighted by Crippen LogP contribution is -2.12. The van der Waals surface area contributed by atoms with E-state index in [0.717, 1.165) is 6.20 Å². The number of nitrogens with zero attached hydrogens (tertiary/aromatic N) is 2. The lowest BCUT2D eigenvalue weighted by molar-refractivity contribution is 0.0518. The van der Waals surface area contributed by atoms with Crippen LogP contribution in [0, 0.1) is 11.3 Å². The molecule has 0 aliphatic rings. The highest BCUT2D eigenvalue weighted by Gasteiger charge is 2.23. The van der Waals surface area contributed by atoms with Gasteiger partial charge < -0.3 is 4.74 Å². The Hall–Kier alpha value is -1.55. The highest BCUT2D eigenvalue weighted by atomic mass is 79.9. The summed E-state index contributed by atoms with van der Waals surface area (Å²) in [5.74, 6) is -0.794. The number of hydrogen-bond acceptors (Lipinski definition) is 4. The summed E-state index contributed by atoms with van der Waals surface area (Å²) < 4.78 is 30.2. The van der Waals surface area contributed by atoms with Crippen molar-refractivity contribution in [3.63, 3.8) is 0 Å². The van der Waals surface area contributed by atoms with Crippen LogP contribution in [0.15, 0.2) is 6.20 Å². The Bertz CT molecular complexity index is 501. The molecule has 4 nitrogen and oxygen atoms in total. The molecular formula is C11H9BrF2N2O2. The molecule has 18 heavy (non-hydrogen) atoms. The fraction of sp³-hybridized carbons (Fsp3) is 0.364. The van der Waals surface area contributed by atoms with Crippen molar-refractivity contribution in [2.75, 3.05) is 6.61 Å². The fourth-order valence-corrected chi connectivity index (χ4v) is 1.97. The van der Waals surface area contributed by atoms with E-state index < -0.39 is 12.4 Å². The predicted molar refractivity (Wildman–Crippen MR) is 62.5 cm³/mol. The van der Waals surface area contributed by atoms with Crippen LogP contribution in [0.4, 0.5) is 8.78 Å². The summed E-state index contributed by atoms with van der Waals surface area (Å²) in [5.41, 5.74) is -0.719. The number of carbonyl (C=O) groups excluding carboxylic acids is 1. The molecule has 0 amide bonds. The Morgan fingerprint density at radius 3 is 2.78 bits per heavy atom. The molecular weight excluding hydrogens is 310 g/mol. The predicted octanol–water partition coefficient (Wildman–Crippen LogP) is 2.96. The largest absolute Gasteiger partial charge is 0.461 e. The number of hydrogen-bond donors (Lipinski definition) is 0. The molecule has 0 aromatic carbocycles. The Labute approximate surface area is 111 Å². The average Bonchev–Trinajstić information content (AvgIpc) is 2.36. The number of nitriles is 1. The van der Waals surface area contributed by atoms with E-state index in [1.54, 1.807) is 13.0 Å². The van der Waals surface area contributed by atoms with Crippen LogP contribution >= 0.6 is 15.9 Å². The van der Waals surface area contributed by atoms with Crippen molar-refractivity contribution < 1.29 is 18.3 Å². The van der Waals surface area contributed by atoms with Gasteiger partial charge in [0.05, 0.1) is 12.2 Å². The first-order valence-corrected chi connectivity index (χ1v) is 6.12. The molecule has 0 atom stereocenters. The number of ether oxygens (including phenoxy) is 1. The van der Waals surface area contributed by atoms with Crippen molar-refractivity contribution in [2.45, 2.75) is 18.7 Å². The van der Waals surface area contributed by atoms with Gasteiger partial charge in [0.2, 0.25) is 0 Å². The maximum atomic E-state index is 12.7. The molecule has 1 aromatic heterocycles. The summed E-state index contributed by atoms with van der Waals surface area (Å²) in [6.45, 7) is 1.72. The quantitative estimate of drug-likeness (QED) is 0.632. The summed E-state index contributed by atoms with van der Waals surface area (Å²) in [6.07, 6.45) is -1.86. The third kappa shape index (κ3) is 2.82. The molecule has 0 fully saturated rings. The average molecular weight is 319 g/mol. The van der Waals surface area contributed by atoms with E-state index in [1.165, 1.54) is 0 Å². The van der Waals surface area contributed by atoms with Crippen LogP contribution in [0.25, 0.3) is 0 Å². The number of esters is 1. The van der Waals surface area contributed by atoms with Crippen LogP contribution in [0.1, 0.15) is 40.5 Å². The molecule has 0 unspecified atom stereocenters. The molecule has 0 aliphatic carbocycles. The second-order valence-electron chi connectivity index (χ2n) is 3.18. The van der Waals surface area contributed by atoms with Crippen LogP contribution in [0.2, 0.25) is 0 Å². The van der Waals surface area contributed by atoms with E-state index in [9.17, 15) is 13.6 Å². The van der Waals surface area contributed by atoms with Gasteiger partial charge >= 0.3 is 5.97 Å². The molecule has 0 spiro atoms. The van der Waals surface area contributed by atoms with E-state index in [2.05, 4.69) is 20.9 Å². The van der Waals surface area contributed by atoms with Gasteiger partial charge in [0.1, 0.15) is 6.07 Å². The second-order valence-corrected chi connectivity index (χ2v) is 3.74. The first-order chi connectivity index (χ1) is 8.56. The molecule has 1 heterocycles. The van der Waals surface area contributed by atoms with Crippen molar-refractivity contribution >= 4 is 21.9 Å². The number of aromatic nitrogens is 1. The van der Waals surface area contributed by atoms with Gasteiger partial charge in [-0.2, -0.15) is 5.26 Å². The SMILES string of the molecule is CCOC(=O)c1ncc(C(F)F)c(CBr)c1C#N. The highest BCUT2D eigenvalue weighted by molar-refractivity contribution is 9.08. The van der Waals surface area contributed by atoms with Crippen LogP contribution in [-0.2, 0) is 10.1 Å². The second kappa shape index (κ2) is 6.40. The van der Waals surface area contributed by atoms with Crippen LogP contribution in [0.3, 0.4) is 0 Å². The minimum atomic E-state index is -2.76. The van der Waals surface area contributed by atoms with Gasteiger partial charge in [-0.3, -0.25) is 0 Å². The lowest BCUT2D eigenvalue weighted by Gasteiger charge is -2.10. The third-order valence-electron chi connectivity index (χ3n) is 2.17.